The van der Waals surface area contributed by atoms with Crippen LogP contribution < -0.4 is 16.0 Å². The Morgan fingerprint density at radius 2 is 2.27 bits per heavy atom. The van der Waals surface area contributed by atoms with E-state index in [2.05, 4.69) is 21.2 Å². The number of hydrogen-bond acceptors (Lipinski definition) is 2. The lowest BCUT2D eigenvalue weighted by atomic mass is 10.2. The van der Waals surface area contributed by atoms with E-state index in [1.165, 1.54) is 0 Å². The molecular weight excluding hydrogens is 258 g/mol. The van der Waals surface area contributed by atoms with E-state index < -0.39 is 0 Å². The number of carbonyl (C=O) groups is 1. The Bertz CT molecular complexity index is 383. The zero-order valence-corrected chi connectivity index (χ0v) is 9.70. The maximum absolute atomic E-state index is 11.6. The molecule has 2 rings (SSSR count). The molecule has 3 N–H and O–H groups in total. The number of nitrogens with one attached hydrogen (secondary N) is 1. The summed E-state index contributed by atoms with van der Waals surface area (Å²) in [6, 6.07) is 7.61. The van der Waals surface area contributed by atoms with Crippen molar-refractivity contribution in [2.75, 3.05) is 18.0 Å². The van der Waals surface area contributed by atoms with E-state index in [0.717, 1.165) is 10.2 Å². The number of para-hydroxylation sites is 1. The lowest BCUT2D eigenvalue weighted by Crippen LogP contribution is -2.33. The average Bonchev–Trinajstić information content (AvgIpc) is 2.60. The molecule has 80 valence electrons. The van der Waals surface area contributed by atoms with Gasteiger partial charge in [0.15, 0.2) is 0 Å². The van der Waals surface area contributed by atoms with Crippen molar-refractivity contribution in [3.63, 3.8) is 0 Å². The highest BCUT2D eigenvalue weighted by atomic mass is 79.9. The first kappa shape index (κ1) is 10.4. The van der Waals surface area contributed by atoms with Crippen molar-refractivity contribution < 1.29 is 4.79 Å². The van der Waals surface area contributed by atoms with Crippen molar-refractivity contribution >= 4 is 27.6 Å². The predicted molar refractivity (Wildman–Crippen MR) is 62.9 cm³/mol. The second kappa shape index (κ2) is 4.20. The maximum atomic E-state index is 11.6. The highest BCUT2D eigenvalue weighted by Gasteiger charge is 2.29. The monoisotopic (exact) mass is 269 g/mol. The molecule has 0 saturated carbocycles. The maximum Gasteiger partial charge on any atom is 0.322 e. The lowest BCUT2D eigenvalue weighted by Gasteiger charge is -2.15. The number of anilines is 1. The van der Waals surface area contributed by atoms with Gasteiger partial charge in [-0.2, -0.15) is 0 Å². The van der Waals surface area contributed by atoms with Crippen LogP contribution in [0.1, 0.15) is 0 Å². The van der Waals surface area contributed by atoms with Crippen LogP contribution in [-0.4, -0.2) is 25.2 Å². The fourth-order valence-corrected chi connectivity index (χ4v) is 2.11. The first-order valence-corrected chi connectivity index (χ1v) is 5.54. The van der Waals surface area contributed by atoms with Crippen molar-refractivity contribution in [1.82, 2.24) is 5.32 Å². The molecule has 1 saturated heterocycles. The quantitative estimate of drug-likeness (QED) is 0.851. The van der Waals surface area contributed by atoms with E-state index in [-0.39, 0.29) is 12.1 Å². The van der Waals surface area contributed by atoms with E-state index in [1.807, 2.05) is 24.3 Å². The van der Waals surface area contributed by atoms with Crippen LogP contribution in [0.4, 0.5) is 10.5 Å². The summed E-state index contributed by atoms with van der Waals surface area (Å²) in [5, 5.41) is 2.82. The zero-order chi connectivity index (χ0) is 10.8. The molecular formula is C10H12BrN3O. The Morgan fingerprint density at radius 1 is 1.53 bits per heavy atom. The van der Waals surface area contributed by atoms with Crippen LogP contribution in [-0.2, 0) is 0 Å². The number of nitrogens with two attached hydrogens (primary N) is 1. The summed E-state index contributed by atoms with van der Waals surface area (Å²) in [5.41, 5.74) is 6.40. The second-order valence-electron chi connectivity index (χ2n) is 3.44. The van der Waals surface area contributed by atoms with Crippen molar-refractivity contribution in [2.24, 2.45) is 5.73 Å². The molecule has 1 atom stereocenters. The number of benzene rings is 1. The molecule has 1 heterocycles. The van der Waals surface area contributed by atoms with Gasteiger partial charge in [0.1, 0.15) is 0 Å². The number of rotatable bonds is 2. The predicted octanol–water partition coefficient (Wildman–Crippen LogP) is 1.31. The molecule has 5 heteroatoms. The Labute approximate surface area is 96.6 Å². The molecule has 0 aliphatic carbocycles. The topological polar surface area (TPSA) is 58.4 Å². The van der Waals surface area contributed by atoms with Gasteiger partial charge in [0.05, 0.1) is 11.7 Å². The molecule has 0 aromatic heterocycles. The normalized spacial score (nSPS) is 20.5. The van der Waals surface area contributed by atoms with Crippen molar-refractivity contribution in [1.29, 1.82) is 0 Å². The molecule has 2 amide bonds. The van der Waals surface area contributed by atoms with Crippen LogP contribution in [0.25, 0.3) is 0 Å². The summed E-state index contributed by atoms with van der Waals surface area (Å²) >= 11 is 3.42. The number of urea groups is 1. The molecule has 0 bridgehead atoms. The molecule has 0 radical (unpaired) electrons. The fourth-order valence-electron chi connectivity index (χ4n) is 1.61. The third-order valence-corrected chi connectivity index (χ3v) is 3.07. The first-order valence-electron chi connectivity index (χ1n) is 4.75. The molecule has 1 aromatic rings. The van der Waals surface area contributed by atoms with E-state index in [4.69, 9.17) is 5.73 Å². The standard InChI is InChI=1S/C10H12BrN3O/c11-8-3-1-2-4-9(8)14-6-7(5-12)13-10(14)15/h1-4,7H,5-6,12H2,(H,13,15). The van der Waals surface area contributed by atoms with E-state index in [9.17, 15) is 4.79 Å². The molecule has 1 fully saturated rings. The van der Waals surface area contributed by atoms with Gasteiger partial charge in [-0.3, -0.25) is 4.90 Å². The summed E-state index contributed by atoms with van der Waals surface area (Å²) in [7, 11) is 0. The number of carbonyl (C=O) groups excluding carboxylic acids is 1. The summed E-state index contributed by atoms with van der Waals surface area (Å²) in [5.74, 6) is 0. The van der Waals surface area contributed by atoms with Gasteiger partial charge in [-0.1, -0.05) is 12.1 Å². The molecule has 1 aliphatic heterocycles. The summed E-state index contributed by atoms with van der Waals surface area (Å²) in [6.45, 7) is 1.09. The Hall–Kier alpha value is -1.07. The highest BCUT2D eigenvalue weighted by Crippen LogP contribution is 2.27. The molecule has 15 heavy (non-hydrogen) atoms. The minimum absolute atomic E-state index is 0.0459. The Balaban J connectivity index is 2.25. The van der Waals surface area contributed by atoms with E-state index >= 15 is 0 Å². The third-order valence-electron chi connectivity index (χ3n) is 2.40. The van der Waals surface area contributed by atoms with Gasteiger partial charge in [0, 0.05) is 17.6 Å². The SMILES string of the molecule is NCC1CN(c2ccccc2Br)C(=O)N1. The van der Waals surface area contributed by atoms with Crippen LogP contribution in [0, 0.1) is 0 Å². The molecule has 4 nitrogen and oxygen atoms in total. The minimum Gasteiger partial charge on any atom is -0.332 e. The number of amides is 2. The van der Waals surface area contributed by atoms with Crippen molar-refractivity contribution in [2.45, 2.75) is 6.04 Å². The zero-order valence-electron chi connectivity index (χ0n) is 8.11. The molecule has 0 spiro atoms. The summed E-state index contributed by atoms with van der Waals surface area (Å²) < 4.78 is 0.915. The van der Waals surface area contributed by atoms with Gasteiger partial charge in [0.25, 0.3) is 0 Å². The van der Waals surface area contributed by atoms with E-state index in [0.29, 0.717) is 13.1 Å². The number of nitrogens with zero attached hydrogens (tertiary/aromatic N) is 1. The highest BCUT2D eigenvalue weighted by molar-refractivity contribution is 9.10. The van der Waals surface area contributed by atoms with Crippen LogP contribution in [0.5, 0.6) is 0 Å². The van der Waals surface area contributed by atoms with Crippen molar-refractivity contribution in [3.8, 4) is 0 Å². The van der Waals surface area contributed by atoms with Gasteiger partial charge >= 0.3 is 6.03 Å². The Kier molecular flexibility index (Phi) is 2.93. The number of hydrogen-bond donors (Lipinski definition) is 2. The molecule has 1 aliphatic rings. The minimum atomic E-state index is -0.0858. The largest absolute Gasteiger partial charge is 0.332 e. The third kappa shape index (κ3) is 1.98. The van der Waals surface area contributed by atoms with Gasteiger partial charge in [-0.25, -0.2) is 4.79 Å². The van der Waals surface area contributed by atoms with Gasteiger partial charge in [-0.05, 0) is 28.1 Å². The fraction of sp³-hybridized carbons (Fsp3) is 0.300. The lowest BCUT2D eigenvalue weighted by molar-refractivity contribution is 0.251. The number of halogens is 1. The van der Waals surface area contributed by atoms with Crippen molar-refractivity contribution in [3.05, 3.63) is 28.7 Å². The first-order chi connectivity index (χ1) is 7.22. The Morgan fingerprint density at radius 3 is 2.87 bits per heavy atom. The van der Waals surface area contributed by atoms with E-state index in [1.54, 1.807) is 4.90 Å². The summed E-state index contributed by atoms with van der Waals surface area (Å²) in [6.07, 6.45) is 0. The van der Waals surface area contributed by atoms with Gasteiger partial charge < -0.3 is 11.1 Å². The van der Waals surface area contributed by atoms with Crippen LogP contribution in [0.2, 0.25) is 0 Å². The van der Waals surface area contributed by atoms with Gasteiger partial charge in [-0.15, -0.1) is 0 Å². The van der Waals surface area contributed by atoms with Gasteiger partial charge in [0.2, 0.25) is 0 Å². The average molecular weight is 270 g/mol. The molecule has 1 unspecified atom stereocenters. The van der Waals surface area contributed by atoms with Crippen LogP contribution in [0.15, 0.2) is 28.7 Å². The van der Waals surface area contributed by atoms with Crippen LogP contribution >= 0.6 is 15.9 Å². The molecule has 1 aromatic carbocycles. The van der Waals surface area contributed by atoms with Crippen LogP contribution in [0.3, 0.4) is 0 Å². The smallest absolute Gasteiger partial charge is 0.322 e. The second-order valence-corrected chi connectivity index (χ2v) is 4.30. The summed E-state index contributed by atoms with van der Waals surface area (Å²) in [4.78, 5) is 13.3.